The van der Waals surface area contributed by atoms with Crippen LogP contribution in [0.4, 0.5) is 0 Å². The van der Waals surface area contributed by atoms with Crippen molar-refractivity contribution in [3.8, 4) is 0 Å². The Kier molecular flexibility index (Phi) is 3.65. The molecule has 18 heavy (non-hydrogen) atoms. The van der Waals surface area contributed by atoms with Gasteiger partial charge in [0.1, 0.15) is 0 Å². The summed E-state index contributed by atoms with van der Waals surface area (Å²) in [4.78, 5) is 24.5. The Bertz CT molecular complexity index is 444. The van der Waals surface area contributed by atoms with Gasteiger partial charge in [-0.2, -0.15) is 0 Å². The van der Waals surface area contributed by atoms with E-state index in [1.807, 2.05) is 37.3 Å². The Morgan fingerprint density at radius 1 is 1.39 bits per heavy atom. The highest BCUT2D eigenvalue weighted by atomic mass is 16.4. The molecule has 0 radical (unpaired) electrons. The molecule has 0 spiro atoms. The van der Waals surface area contributed by atoms with E-state index in [0.717, 1.165) is 12.0 Å². The number of hydrogen-bond acceptors (Lipinski definition) is 2. The molecule has 0 aromatic heterocycles. The summed E-state index contributed by atoms with van der Waals surface area (Å²) in [7, 11) is 0. The number of nitrogens with zero attached hydrogens (tertiary/aromatic N) is 1. The molecule has 1 aliphatic heterocycles. The summed E-state index contributed by atoms with van der Waals surface area (Å²) in [6.07, 6.45) is 0.897. The van der Waals surface area contributed by atoms with E-state index in [1.165, 1.54) is 0 Å². The average Bonchev–Trinajstić information content (AvgIpc) is 2.64. The summed E-state index contributed by atoms with van der Waals surface area (Å²) in [6, 6.07) is 9.70. The van der Waals surface area contributed by atoms with Gasteiger partial charge >= 0.3 is 5.97 Å². The molecule has 1 aliphatic rings. The minimum atomic E-state index is -0.877. The first kappa shape index (κ1) is 12.6. The van der Waals surface area contributed by atoms with E-state index in [9.17, 15) is 9.59 Å². The monoisotopic (exact) mass is 247 g/mol. The molecule has 1 aromatic carbocycles. The summed E-state index contributed by atoms with van der Waals surface area (Å²) in [5.41, 5.74) is 1.16. The zero-order valence-electron chi connectivity index (χ0n) is 10.4. The van der Waals surface area contributed by atoms with Crippen molar-refractivity contribution in [2.75, 3.05) is 6.54 Å². The predicted octanol–water partition coefficient (Wildman–Crippen LogP) is 1.55. The van der Waals surface area contributed by atoms with Gasteiger partial charge in [-0.1, -0.05) is 30.3 Å². The van der Waals surface area contributed by atoms with E-state index in [-0.39, 0.29) is 18.4 Å². The van der Waals surface area contributed by atoms with Gasteiger partial charge in [-0.15, -0.1) is 0 Å². The average molecular weight is 247 g/mol. The van der Waals surface area contributed by atoms with Gasteiger partial charge < -0.3 is 10.0 Å². The van der Waals surface area contributed by atoms with Crippen molar-refractivity contribution in [1.29, 1.82) is 0 Å². The van der Waals surface area contributed by atoms with Gasteiger partial charge in [-0.3, -0.25) is 9.59 Å². The number of benzene rings is 1. The molecule has 0 saturated carbocycles. The van der Waals surface area contributed by atoms with Gasteiger partial charge in [-0.25, -0.2) is 0 Å². The SMILES string of the molecule is CC1C(C(=O)O)CC(=O)N1CCc1ccccc1. The smallest absolute Gasteiger partial charge is 0.309 e. The second-order valence-corrected chi connectivity index (χ2v) is 4.71. The molecule has 1 amide bonds. The normalized spacial score (nSPS) is 23.4. The zero-order chi connectivity index (χ0) is 13.1. The maximum atomic E-state index is 11.8. The van der Waals surface area contributed by atoms with E-state index < -0.39 is 11.9 Å². The van der Waals surface area contributed by atoms with Crippen molar-refractivity contribution < 1.29 is 14.7 Å². The Hall–Kier alpha value is -1.84. The Morgan fingerprint density at radius 3 is 2.61 bits per heavy atom. The molecule has 2 unspecified atom stereocenters. The number of carboxylic acid groups (broad SMARTS) is 1. The van der Waals surface area contributed by atoms with Gasteiger partial charge in [0.15, 0.2) is 0 Å². The first-order chi connectivity index (χ1) is 8.59. The van der Waals surface area contributed by atoms with Crippen molar-refractivity contribution in [2.45, 2.75) is 25.8 Å². The van der Waals surface area contributed by atoms with Crippen LogP contribution < -0.4 is 0 Å². The number of carbonyl (C=O) groups excluding carboxylic acids is 1. The lowest BCUT2D eigenvalue weighted by Crippen LogP contribution is -2.36. The molecular weight excluding hydrogens is 230 g/mol. The van der Waals surface area contributed by atoms with Crippen LogP contribution in [0.3, 0.4) is 0 Å². The van der Waals surface area contributed by atoms with Crippen LogP contribution in [-0.2, 0) is 16.0 Å². The number of amides is 1. The largest absolute Gasteiger partial charge is 0.481 e. The number of likely N-dealkylation sites (tertiary alicyclic amines) is 1. The number of rotatable bonds is 4. The molecule has 1 aromatic rings. The molecule has 4 heteroatoms. The summed E-state index contributed by atoms with van der Waals surface area (Å²) in [6.45, 7) is 2.41. The Labute approximate surface area is 106 Å². The first-order valence-electron chi connectivity index (χ1n) is 6.16. The first-order valence-corrected chi connectivity index (χ1v) is 6.16. The molecule has 1 heterocycles. The van der Waals surface area contributed by atoms with Crippen molar-refractivity contribution in [2.24, 2.45) is 5.92 Å². The van der Waals surface area contributed by atoms with E-state index in [4.69, 9.17) is 5.11 Å². The lowest BCUT2D eigenvalue weighted by atomic mass is 10.0. The second-order valence-electron chi connectivity index (χ2n) is 4.71. The minimum Gasteiger partial charge on any atom is -0.481 e. The fourth-order valence-corrected chi connectivity index (χ4v) is 2.44. The van der Waals surface area contributed by atoms with Crippen LogP contribution in [0.15, 0.2) is 30.3 Å². The van der Waals surface area contributed by atoms with Gasteiger partial charge in [-0.05, 0) is 18.9 Å². The lowest BCUT2D eigenvalue weighted by molar-refractivity contribution is -0.142. The summed E-state index contributed by atoms with van der Waals surface area (Å²) in [5.74, 6) is -1.49. The van der Waals surface area contributed by atoms with Crippen molar-refractivity contribution in [3.05, 3.63) is 35.9 Å². The zero-order valence-corrected chi connectivity index (χ0v) is 10.4. The third-order valence-electron chi connectivity index (χ3n) is 3.59. The summed E-state index contributed by atoms with van der Waals surface area (Å²) in [5, 5.41) is 9.03. The molecule has 2 atom stereocenters. The fourth-order valence-electron chi connectivity index (χ4n) is 2.44. The highest BCUT2D eigenvalue weighted by molar-refractivity contribution is 5.86. The maximum Gasteiger partial charge on any atom is 0.309 e. The van der Waals surface area contributed by atoms with Crippen LogP contribution in [0.25, 0.3) is 0 Å². The minimum absolute atomic E-state index is 0.0502. The second kappa shape index (κ2) is 5.21. The van der Waals surface area contributed by atoms with Crippen LogP contribution in [-0.4, -0.2) is 34.5 Å². The standard InChI is InChI=1S/C14H17NO3/c1-10-12(14(17)18)9-13(16)15(10)8-7-11-5-3-2-4-6-11/h2-6,10,12H,7-9H2,1H3,(H,17,18). The molecular formula is C14H17NO3. The number of hydrogen-bond donors (Lipinski definition) is 1. The molecule has 1 N–H and O–H groups in total. The molecule has 4 nitrogen and oxygen atoms in total. The van der Waals surface area contributed by atoms with Crippen LogP contribution in [0.2, 0.25) is 0 Å². The molecule has 0 aliphatic carbocycles. The number of carboxylic acids is 1. The molecule has 1 fully saturated rings. The third-order valence-corrected chi connectivity index (χ3v) is 3.59. The van der Waals surface area contributed by atoms with E-state index in [2.05, 4.69) is 0 Å². The van der Waals surface area contributed by atoms with Gasteiger partial charge in [0.2, 0.25) is 5.91 Å². The van der Waals surface area contributed by atoms with Crippen LogP contribution in [0.5, 0.6) is 0 Å². The van der Waals surface area contributed by atoms with Gasteiger partial charge in [0.25, 0.3) is 0 Å². The Balaban J connectivity index is 1.97. The quantitative estimate of drug-likeness (QED) is 0.878. The van der Waals surface area contributed by atoms with Gasteiger partial charge in [0.05, 0.1) is 5.92 Å². The van der Waals surface area contributed by atoms with E-state index in [1.54, 1.807) is 4.90 Å². The highest BCUT2D eigenvalue weighted by Gasteiger charge is 2.40. The molecule has 1 saturated heterocycles. The van der Waals surface area contributed by atoms with Crippen LogP contribution in [0.1, 0.15) is 18.9 Å². The van der Waals surface area contributed by atoms with E-state index >= 15 is 0 Å². The third kappa shape index (κ3) is 2.53. The topological polar surface area (TPSA) is 57.6 Å². The number of aliphatic carboxylic acids is 1. The molecule has 2 rings (SSSR count). The van der Waals surface area contributed by atoms with Crippen LogP contribution >= 0.6 is 0 Å². The van der Waals surface area contributed by atoms with Gasteiger partial charge in [0, 0.05) is 19.0 Å². The predicted molar refractivity (Wildman–Crippen MR) is 67.1 cm³/mol. The van der Waals surface area contributed by atoms with Crippen LogP contribution in [0, 0.1) is 5.92 Å². The summed E-state index contributed by atoms with van der Waals surface area (Å²) >= 11 is 0. The number of carbonyl (C=O) groups is 2. The summed E-state index contributed by atoms with van der Waals surface area (Å²) < 4.78 is 0. The lowest BCUT2D eigenvalue weighted by Gasteiger charge is -2.23. The van der Waals surface area contributed by atoms with Crippen molar-refractivity contribution in [3.63, 3.8) is 0 Å². The Morgan fingerprint density at radius 2 is 2.06 bits per heavy atom. The van der Waals surface area contributed by atoms with Crippen molar-refractivity contribution in [1.82, 2.24) is 4.90 Å². The fraction of sp³-hybridized carbons (Fsp3) is 0.429. The molecule has 0 bridgehead atoms. The molecule has 96 valence electrons. The van der Waals surface area contributed by atoms with E-state index in [0.29, 0.717) is 6.54 Å². The highest BCUT2D eigenvalue weighted by Crippen LogP contribution is 2.25. The van der Waals surface area contributed by atoms with Crippen molar-refractivity contribution >= 4 is 11.9 Å². The maximum absolute atomic E-state index is 11.8.